The minimum atomic E-state index is -0.372. The predicted octanol–water partition coefficient (Wildman–Crippen LogP) is 4.20. The second-order valence-corrected chi connectivity index (χ2v) is 5.71. The summed E-state index contributed by atoms with van der Waals surface area (Å²) in [6, 6.07) is 10.8. The van der Waals surface area contributed by atoms with E-state index in [1.165, 1.54) is 11.3 Å². The standard InChI is InChI=1S/C18H18O3S/c1-3-6-15(18(20)21-4-2)13-8-10-14(11-9-13)17(19)16-7-5-12-22-16/h3,5,7-12,15H,1,4,6H2,2H3. The van der Waals surface area contributed by atoms with Crippen molar-refractivity contribution in [2.45, 2.75) is 19.3 Å². The summed E-state index contributed by atoms with van der Waals surface area (Å²) < 4.78 is 5.10. The van der Waals surface area contributed by atoms with Gasteiger partial charge in [0.05, 0.1) is 17.4 Å². The van der Waals surface area contributed by atoms with Gasteiger partial charge in [0, 0.05) is 5.56 Å². The van der Waals surface area contributed by atoms with Crippen molar-refractivity contribution in [1.82, 2.24) is 0 Å². The summed E-state index contributed by atoms with van der Waals surface area (Å²) in [5.41, 5.74) is 1.45. The highest BCUT2D eigenvalue weighted by molar-refractivity contribution is 7.12. The van der Waals surface area contributed by atoms with Crippen LogP contribution in [0.1, 0.15) is 40.1 Å². The van der Waals surface area contributed by atoms with Crippen LogP contribution in [0.4, 0.5) is 0 Å². The van der Waals surface area contributed by atoms with Crippen molar-refractivity contribution in [2.75, 3.05) is 6.61 Å². The Morgan fingerprint density at radius 1 is 1.27 bits per heavy atom. The summed E-state index contributed by atoms with van der Waals surface area (Å²) in [4.78, 5) is 25.0. The first-order chi connectivity index (χ1) is 10.7. The number of allylic oxidation sites excluding steroid dienone is 1. The summed E-state index contributed by atoms with van der Waals surface area (Å²) in [7, 11) is 0. The molecule has 0 saturated carbocycles. The summed E-state index contributed by atoms with van der Waals surface area (Å²) in [5.74, 6) is -0.638. The van der Waals surface area contributed by atoms with E-state index < -0.39 is 0 Å². The molecule has 0 radical (unpaired) electrons. The van der Waals surface area contributed by atoms with Gasteiger partial charge >= 0.3 is 5.97 Å². The van der Waals surface area contributed by atoms with Gasteiger partial charge in [-0.2, -0.15) is 0 Å². The number of hydrogen-bond acceptors (Lipinski definition) is 4. The van der Waals surface area contributed by atoms with Crippen molar-refractivity contribution in [3.05, 3.63) is 70.4 Å². The predicted molar refractivity (Wildman–Crippen MR) is 88.4 cm³/mol. The Labute approximate surface area is 134 Å². The average molecular weight is 314 g/mol. The van der Waals surface area contributed by atoms with Gasteiger partial charge in [0.1, 0.15) is 0 Å². The van der Waals surface area contributed by atoms with Crippen LogP contribution in [0.15, 0.2) is 54.4 Å². The van der Waals surface area contributed by atoms with Crippen LogP contribution in [0, 0.1) is 0 Å². The number of hydrogen-bond donors (Lipinski definition) is 0. The van der Waals surface area contributed by atoms with E-state index in [9.17, 15) is 9.59 Å². The molecule has 1 aromatic carbocycles. The molecule has 2 aromatic rings. The number of carbonyl (C=O) groups is 2. The molecular weight excluding hydrogens is 296 g/mol. The molecule has 22 heavy (non-hydrogen) atoms. The molecule has 0 bridgehead atoms. The van der Waals surface area contributed by atoms with Gasteiger partial charge in [0.2, 0.25) is 5.78 Å². The lowest BCUT2D eigenvalue weighted by molar-refractivity contribution is -0.144. The monoisotopic (exact) mass is 314 g/mol. The van der Waals surface area contributed by atoms with E-state index in [0.717, 1.165) is 5.56 Å². The first-order valence-electron chi connectivity index (χ1n) is 7.13. The van der Waals surface area contributed by atoms with Crippen LogP contribution in [0.25, 0.3) is 0 Å². The number of benzene rings is 1. The van der Waals surface area contributed by atoms with Gasteiger partial charge in [-0.1, -0.05) is 36.4 Å². The van der Waals surface area contributed by atoms with Gasteiger partial charge in [0.25, 0.3) is 0 Å². The molecule has 1 unspecified atom stereocenters. The van der Waals surface area contributed by atoms with E-state index >= 15 is 0 Å². The van der Waals surface area contributed by atoms with Crippen LogP contribution in [0.2, 0.25) is 0 Å². The van der Waals surface area contributed by atoms with Gasteiger partial charge in [-0.15, -0.1) is 17.9 Å². The highest BCUT2D eigenvalue weighted by Gasteiger charge is 2.21. The smallest absolute Gasteiger partial charge is 0.313 e. The molecule has 0 saturated heterocycles. The Morgan fingerprint density at radius 2 is 2.00 bits per heavy atom. The molecular formula is C18H18O3S. The highest BCUT2D eigenvalue weighted by atomic mass is 32.1. The molecule has 0 aliphatic rings. The fourth-order valence-electron chi connectivity index (χ4n) is 2.19. The van der Waals surface area contributed by atoms with E-state index in [4.69, 9.17) is 4.74 Å². The lowest BCUT2D eigenvalue weighted by Crippen LogP contribution is -2.15. The maximum Gasteiger partial charge on any atom is 0.313 e. The summed E-state index contributed by atoms with van der Waals surface area (Å²) >= 11 is 1.42. The second kappa shape index (κ2) is 7.71. The van der Waals surface area contributed by atoms with Crippen molar-refractivity contribution in [3.63, 3.8) is 0 Å². The third-order valence-corrected chi connectivity index (χ3v) is 4.16. The molecule has 1 heterocycles. The van der Waals surface area contributed by atoms with Crippen molar-refractivity contribution in [2.24, 2.45) is 0 Å². The highest BCUT2D eigenvalue weighted by Crippen LogP contribution is 2.23. The molecule has 0 amide bonds. The summed E-state index contributed by atoms with van der Waals surface area (Å²) in [6.45, 7) is 5.82. The topological polar surface area (TPSA) is 43.4 Å². The number of carbonyl (C=O) groups excluding carboxylic acids is 2. The molecule has 2 rings (SSSR count). The van der Waals surface area contributed by atoms with Gasteiger partial charge in [-0.3, -0.25) is 9.59 Å². The fraction of sp³-hybridized carbons (Fsp3) is 0.222. The normalized spacial score (nSPS) is 11.7. The van der Waals surface area contributed by atoms with Gasteiger partial charge < -0.3 is 4.74 Å². The van der Waals surface area contributed by atoms with Gasteiger partial charge in [-0.25, -0.2) is 0 Å². The first-order valence-corrected chi connectivity index (χ1v) is 8.01. The molecule has 1 atom stereocenters. The molecule has 0 fully saturated rings. The van der Waals surface area contributed by atoms with Crippen LogP contribution in [0.3, 0.4) is 0 Å². The number of esters is 1. The van der Waals surface area contributed by atoms with Crippen molar-refractivity contribution in [1.29, 1.82) is 0 Å². The fourth-order valence-corrected chi connectivity index (χ4v) is 2.88. The second-order valence-electron chi connectivity index (χ2n) is 4.76. The maximum absolute atomic E-state index is 12.3. The third-order valence-electron chi connectivity index (χ3n) is 3.29. The van der Waals surface area contributed by atoms with E-state index in [1.54, 1.807) is 31.2 Å². The third kappa shape index (κ3) is 3.71. The molecule has 4 heteroatoms. The summed E-state index contributed by atoms with van der Waals surface area (Å²) in [5, 5.41) is 1.88. The Hall–Kier alpha value is -2.20. The zero-order chi connectivity index (χ0) is 15.9. The molecule has 0 N–H and O–H groups in total. The van der Waals surface area contributed by atoms with Crippen LogP contribution >= 0.6 is 11.3 Å². The van der Waals surface area contributed by atoms with Crippen molar-refractivity contribution < 1.29 is 14.3 Å². The Morgan fingerprint density at radius 3 is 2.55 bits per heavy atom. The average Bonchev–Trinajstić information content (AvgIpc) is 3.07. The lowest BCUT2D eigenvalue weighted by Gasteiger charge is -2.14. The Bertz CT molecular complexity index is 641. The van der Waals surface area contributed by atoms with E-state index in [0.29, 0.717) is 23.5 Å². The van der Waals surface area contributed by atoms with Crippen LogP contribution in [-0.4, -0.2) is 18.4 Å². The Balaban J connectivity index is 2.20. The summed E-state index contributed by atoms with van der Waals surface area (Å²) in [6.07, 6.45) is 2.21. The minimum Gasteiger partial charge on any atom is -0.466 e. The zero-order valence-corrected chi connectivity index (χ0v) is 13.3. The largest absolute Gasteiger partial charge is 0.466 e. The van der Waals surface area contributed by atoms with Crippen molar-refractivity contribution in [3.8, 4) is 0 Å². The van der Waals surface area contributed by atoms with Gasteiger partial charge in [0.15, 0.2) is 0 Å². The van der Waals surface area contributed by atoms with E-state index in [2.05, 4.69) is 6.58 Å². The number of ketones is 1. The molecule has 0 aliphatic carbocycles. The first kappa shape index (κ1) is 16.2. The minimum absolute atomic E-state index is 0.00189. The molecule has 0 spiro atoms. The lowest BCUT2D eigenvalue weighted by atomic mass is 9.94. The molecule has 3 nitrogen and oxygen atoms in total. The van der Waals surface area contributed by atoms with E-state index in [-0.39, 0.29) is 17.7 Å². The SMILES string of the molecule is C=CCC(C(=O)OCC)c1ccc(C(=O)c2cccs2)cc1. The quantitative estimate of drug-likeness (QED) is 0.437. The van der Waals surface area contributed by atoms with Crippen LogP contribution in [0.5, 0.6) is 0 Å². The van der Waals surface area contributed by atoms with Crippen molar-refractivity contribution >= 4 is 23.1 Å². The molecule has 1 aromatic heterocycles. The Kier molecular flexibility index (Phi) is 5.67. The molecule has 114 valence electrons. The van der Waals surface area contributed by atoms with E-state index in [1.807, 2.05) is 23.6 Å². The van der Waals surface area contributed by atoms with Crippen LogP contribution in [-0.2, 0) is 9.53 Å². The number of ether oxygens (including phenoxy) is 1. The molecule has 0 aliphatic heterocycles. The zero-order valence-electron chi connectivity index (χ0n) is 12.5. The number of thiophene rings is 1. The van der Waals surface area contributed by atoms with Crippen LogP contribution < -0.4 is 0 Å². The van der Waals surface area contributed by atoms with Gasteiger partial charge in [-0.05, 0) is 30.4 Å². The number of rotatable bonds is 7. The maximum atomic E-state index is 12.3.